The summed E-state index contributed by atoms with van der Waals surface area (Å²) in [5, 5.41) is 10.1. The molecule has 0 spiro atoms. The maximum Gasteiger partial charge on any atom is 0.410 e. The van der Waals surface area contributed by atoms with E-state index in [-0.39, 0.29) is 23.7 Å². The van der Waals surface area contributed by atoms with Crippen LogP contribution in [-0.4, -0.2) is 28.4 Å². The van der Waals surface area contributed by atoms with Gasteiger partial charge < -0.3 is 10.6 Å². The second kappa shape index (κ2) is 8.69. The van der Waals surface area contributed by atoms with Gasteiger partial charge in [-0.2, -0.15) is 18.3 Å². The number of benzene rings is 1. The zero-order valence-corrected chi connectivity index (χ0v) is 18.8. The molecule has 3 aliphatic rings. The summed E-state index contributed by atoms with van der Waals surface area (Å²) in [6.07, 6.45) is 2.71. The van der Waals surface area contributed by atoms with Crippen molar-refractivity contribution in [2.45, 2.75) is 63.7 Å². The quantitative estimate of drug-likeness (QED) is 0.612. The number of hydrogen-bond acceptors (Lipinski definition) is 3. The fourth-order valence-electron chi connectivity index (χ4n) is 6.45. The fourth-order valence-corrected chi connectivity index (χ4v) is 6.45. The van der Waals surface area contributed by atoms with Gasteiger partial charge in [-0.15, -0.1) is 0 Å². The van der Waals surface area contributed by atoms with Crippen molar-refractivity contribution in [2.24, 2.45) is 23.7 Å². The molecule has 8 heteroatoms. The number of hydrogen-bond donors (Lipinski definition) is 2. The predicted octanol–water partition coefficient (Wildman–Crippen LogP) is 5.74. The summed E-state index contributed by atoms with van der Waals surface area (Å²) >= 11 is 0. The van der Waals surface area contributed by atoms with E-state index in [0.29, 0.717) is 12.5 Å². The molecule has 33 heavy (non-hydrogen) atoms. The first-order valence-electron chi connectivity index (χ1n) is 12.0. The molecule has 4 atom stereocenters. The largest absolute Gasteiger partial charge is 0.410 e. The summed E-state index contributed by atoms with van der Waals surface area (Å²) in [6.45, 7) is 2.89. The van der Waals surface area contributed by atoms with Crippen LogP contribution in [0, 0.1) is 23.7 Å². The molecule has 2 aromatic rings. The van der Waals surface area contributed by atoms with E-state index in [2.05, 4.69) is 22.7 Å². The molecule has 1 amide bonds. The predicted molar refractivity (Wildman–Crippen MR) is 120 cm³/mol. The molecule has 0 radical (unpaired) electrons. The van der Waals surface area contributed by atoms with Crippen LogP contribution in [0.25, 0.3) is 0 Å². The number of halogens is 3. The molecule has 178 valence electrons. The Bertz CT molecular complexity index is 971. The molecular weight excluding hydrogens is 429 g/mol. The van der Waals surface area contributed by atoms with E-state index < -0.39 is 18.3 Å². The third-order valence-electron chi connectivity index (χ3n) is 7.71. The van der Waals surface area contributed by atoms with Gasteiger partial charge in [-0.25, -0.2) is 4.68 Å². The van der Waals surface area contributed by atoms with Crippen LogP contribution in [0.15, 0.2) is 36.5 Å². The summed E-state index contributed by atoms with van der Waals surface area (Å²) in [4.78, 5) is 13.0. The highest BCUT2D eigenvalue weighted by atomic mass is 19.4. The first kappa shape index (κ1) is 22.3. The molecule has 2 heterocycles. The first-order chi connectivity index (χ1) is 15.8. The number of nitrogens with one attached hydrogen (secondary N) is 2. The summed E-state index contributed by atoms with van der Waals surface area (Å²) < 4.78 is 42.5. The molecule has 1 aromatic heterocycles. The lowest BCUT2D eigenvalue weighted by atomic mass is 9.65. The van der Waals surface area contributed by atoms with Crippen LogP contribution >= 0.6 is 0 Å². The number of alkyl halides is 3. The van der Waals surface area contributed by atoms with Crippen molar-refractivity contribution in [1.82, 2.24) is 15.1 Å². The van der Waals surface area contributed by atoms with Gasteiger partial charge in [-0.3, -0.25) is 4.79 Å². The van der Waals surface area contributed by atoms with Crippen LogP contribution < -0.4 is 10.6 Å². The van der Waals surface area contributed by atoms with Crippen molar-refractivity contribution in [3.8, 4) is 0 Å². The van der Waals surface area contributed by atoms with Gasteiger partial charge in [0.25, 0.3) is 5.91 Å². The lowest BCUT2D eigenvalue weighted by molar-refractivity contribution is -0.173. The Labute approximate surface area is 192 Å². The van der Waals surface area contributed by atoms with Gasteiger partial charge in [0, 0.05) is 13.0 Å². The monoisotopic (exact) mass is 460 g/mol. The summed E-state index contributed by atoms with van der Waals surface area (Å²) in [7, 11) is 0. The van der Waals surface area contributed by atoms with Crippen LogP contribution in [0.3, 0.4) is 0 Å². The minimum Gasteiger partial charge on any atom is -0.363 e. The van der Waals surface area contributed by atoms with Crippen LogP contribution in [0.1, 0.15) is 73.5 Å². The van der Waals surface area contributed by atoms with Gasteiger partial charge in [0.15, 0.2) is 6.04 Å². The Kier molecular flexibility index (Phi) is 5.87. The maximum absolute atomic E-state index is 13.9. The third kappa shape index (κ3) is 4.62. The van der Waals surface area contributed by atoms with E-state index in [1.54, 1.807) is 24.3 Å². The molecule has 0 unspecified atom stereocenters. The van der Waals surface area contributed by atoms with Crippen LogP contribution in [0.5, 0.6) is 0 Å². The average Bonchev–Trinajstić information content (AvgIpc) is 3.20. The minimum absolute atomic E-state index is 0.143. The Hall–Kier alpha value is -2.51. The lowest BCUT2D eigenvalue weighted by Crippen LogP contribution is -2.38. The first-order valence-corrected chi connectivity index (χ1v) is 12.0. The van der Waals surface area contributed by atoms with Crippen LogP contribution in [-0.2, 0) is 0 Å². The summed E-state index contributed by atoms with van der Waals surface area (Å²) in [5.74, 6) is 2.48. The molecule has 2 bridgehead atoms. The Balaban J connectivity index is 1.32. The molecule has 0 saturated heterocycles. The number of carbonyl (C=O) groups excluding carboxylic acids is 1. The molecule has 5 rings (SSSR count). The molecule has 2 fully saturated rings. The van der Waals surface area contributed by atoms with E-state index in [1.807, 2.05) is 6.07 Å². The standard InChI is InChI=1S/C25H31F3N4O/c1-15-7-16-9-17(8-15)11-18(10-16)13-29-24(33)20-14-30-32-22(25(26,27)28)12-21(31-23(20)32)19-5-3-2-4-6-19/h2-6,14-18,21-22,31H,7-13H2,1H3,(H,29,33)/t15-,16-,17-,18-,21+,22-/m1/s1. The maximum atomic E-state index is 13.9. The number of aromatic nitrogens is 2. The highest BCUT2D eigenvalue weighted by Crippen LogP contribution is 2.45. The Morgan fingerprint density at radius 3 is 2.45 bits per heavy atom. The van der Waals surface area contributed by atoms with Gasteiger partial charge in [0.2, 0.25) is 0 Å². The van der Waals surface area contributed by atoms with E-state index in [0.717, 1.165) is 40.8 Å². The highest BCUT2D eigenvalue weighted by molar-refractivity contribution is 5.98. The highest BCUT2D eigenvalue weighted by Gasteiger charge is 2.47. The molecule has 2 saturated carbocycles. The SMILES string of the molecule is C[C@H]1C[C@@H]2C[C@@H](C1)C[C@@H](CNC(=O)c1cnn3c1N[C@H](c1ccccc1)C[C@@H]3C(F)(F)F)C2. The van der Waals surface area contributed by atoms with Gasteiger partial charge in [-0.1, -0.05) is 37.3 Å². The summed E-state index contributed by atoms with van der Waals surface area (Å²) in [6, 6.07) is 6.72. The van der Waals surface area contributed by atoms with E-state index in [1.165, 1.54) is 25.5 Å². The number of nitrogens with zero attached hydrogens (tertiary/aromatic N) is 2. The van der Waals surface area contributed by atoms with Crippen molar-refractivity contribution < 1.29 is 18.0 Å². The molecule has 2 N–H and O–H groups in total. The molecule has 1 aliphatic heterocycles. The van der Waals surface area contributed by atoms with Crippen molar-refractivity contribution in [2.75, 3.05) is 11.9 Å². The Morgan fingerprint density at radius 1 is 1.09 bits per heavy atom. The van der Waals surface area contributed by atoms with Crippen LogP contribution in [0.2, 0.25) is 0 Å². The zero-order valence-electron chi connectivity index (χ0n) is 18.8. The van der Waals surface area contributed by atoms with Gasteiger partial charge in [0.05, 0.1) is 12.2 Å². The molecule has 1 aromatic carbocycles. The van der Waals surface area contributed by atoms with Crippen molar-refractivity contribution in [1.29, 1.82) is 0 Å². The van der Waals surface area contributed by atoms with Crippen molar-refractivity contribution in [3.05, 3.63) is 47.7 Å². The number of anilines is 1. The molecular formula is C25H31F3N4O. The number of fused-ring (bicyclic) bond motifs is 3. The summed E-state index contributed by atoms with van der Waals surface area (Å²) in [5.41, 5.74) is 0.933. The zero-order chi connectivity index (χ0) is 23.2. The van der Waals surface area contributed by atoms with Crippen LogP contribution in [0.4, 0.5) is 19.0 Å². The average molecular weight is 461 g/mol. The van der Waals surface area contributed by atoms with Crippen molar-refractivity contribution in [3.63, 3.8) is 0 Å². The molecule has 2 aliphatic carbocycles. The van der Waals surface area contributed by atoms with Gasteiger partial charge in [0.1, 0.15) is 11.4 Å². The van der Waals surface area contributed by atoms with E-state index in [4.69, 9.17) is 0 Å². The normalized spacial score (nSPS) is 31.4. The molecule has 5 nitrogen and oxygen atoms in total. The topological polar surface area (TPSA) is 59.0 Å². The second-order valence-corrected chi connectivity index (χ2v) is 10.3. The van der Waals surface area contributed by atoms with Gasteiger partial charge >= 0.3 is 6.18 Å². The number of carbonyl (C=O) groups is 1. The smallest absolute Gasteiger partial charge is 0.363 e. The minimum atomic E-state index is -4.46. The number of rotatable bonds is 4. The van der Waals surface area contributed by atoms with Crippen molar-refractivity contribution >= 4 is 11.7 Å². The third-order valence-corrected chi connectivity index (χ3v) is 7.71. The fraction of sp³-hybridized carbons (Fsp3) is 0.600. The Morgan fingerprint density at radius 2 is 1.79 bits per heavy atom. The lowest BCUT2D eigenvalue weighted by Gasteiger charge is -2.41. The van der Waals surface area contributed by atoms with E-state index in [9.17, 15) is 18.0 Å². The number of amides is 1. The van der Waals surface area contributed by atoms with Gasteiger partial charge in [-0.05, 0) is 61.3 Å². The van der Waals surface area contributed by atoms with E-state index >= 15 is 0 Å². The second-order valence-electron chi connectivity index (χ2n) is 10.3.